The van der Waals surface area contributed by atoms with Gasteiger partial charge in [0.25, 0.3) is 0 Å². The van der Waals surface area contributed by atoms with Gasteiger partial charge in [-0.3, -0.25) is 14.8 Å². The summed E-state index contributed by atoms with van der Waals surface area (Å²) in [5, 5.41) is 1.16. The predicted octanol–water partition coefficient (Wildman–Crippen LogP) is 2.48. The number of aromatic nitrogens is 1. The van der Waals surface area contributed by atoms with Crippen LogP contribution in [0.15, 0.2) is 48.2 Å². The second-order valence-electron chi connectivity index (χ2n) is 7.95. The van der Waals surface area contributed by atoms with Crippen molar-refractivity contribution in [3.8, 4) is 0 Å². The lowest BCUT2D eigenvalue weighted by molar-refractivity contribution is 0.0480. The van der Waals surface area contributed by atoms with Gasteiger partial charge in [0.05, 0.1) is 17.0 Å². The first-order valence-corrected chi connectivity index (χ1v) is 11.4. The van der Waals surface area contributed by atoms with Gasteiger partial charge in [-0.2, -0.15) is 0 Å². The zero-order valence-corrected chi connectivity index (χ0v) is 16.8. The van der Waals surface area contributed by atoms with Gasteiger partial charge in [-0.25, -0.2) is 8.42 Å². The summed E-state index contributed by atoms with van der Waals surface area (Å²) >= 11 is 0. The average molecular weight is 386 g/mol. The summed E-state index contributed by atoms with van der Waals surface area (Å²) in [5.41, 5.74) is 3.49. The van der Waals surface area contributed by atoms with Crippen molar-refractivity contribution in [1.29, 1.82) is 0 Å². The lowest BCUT2D eigenvalue weighted by Gasteiger charge is -2.43. The highest BCUT2D eigenvalue weighted by molar-refractivity contribution is 7.91. The van der Waals surface area contributed by atoms with E-state index in [1.165, 1.54) is 11.1 Å². The number of nitrogens with zero attached hydrogens (tertiary/aromatic N) is 3. The third-order valence-electron chi connectivity index (χ3n) is 5.75. The highest BCUT2D eigenvalue weighted by atomic mass is 32.2. The molecule has 2 aliphatic rings. The van der Waals surface area contributed by atoms with E-state index in [4.69, 9.17) is 0 Å². The Labute approximate surface area is 161 Å². The lowest BCUT2D eigenvalue weighted by Crippen LogP contribution is -2.58. The third-order valence-corrected chi connectivity index (χ3v) is 7.45. The molecule has 144 valence electrons. The van der Waals surface area contributed by atoms with Crippen LogP contribution in [-0.4, -0.2) is 66.4 Å². The van der Waals surface area contributed by atoms with Crippen molar-refractivity contribution in [2.24, 2.45) is 0 Å². The van der Waals surface area contributed by atoms with Crippen LogP contribution < -0.4 is 0 Å². The maximum Gasteiger partial charge on any atom is 0.153 e. The number of fused-ring (bicyclic) bond motifs is 2. The van der Waals surface area contributed by atoms with E-state index in [1.807, 2.05) is 24.4 Å². The molecule has 2 aliphatic heterocycles. The van der Waals surface area contributed by atoms with Crippen LogP contribution in [0.3, 0.4) is 0 Å². The minimum Gasteiger partial charge on any atom is -0.293 e. The molecule has 6 heteroatoms. The van der Waals surface area contributed by atoms with E-state index < -0.39 is 9.84 Å². The van der Waals surface area contributed by atoms with Crippen LogP contribution in [0.1, 0.15) is 19.4 Å². The standard InChI is InChI=1S/C21H27N3O2S/c1-16(2)8-10-23-11-12-24(21-15-27(25,26)14-20(21)23)13-17-7-9-22-19-6-4-3-5-18(17)19/h3-9,20-21H,10-15H2,1-2H3/t20-,21+/m0/s1. The van der Waals surface area contributed by atoms with Gasteiger partial charge in [0.1, 0.15) is 0 Å². The molecule has 1 aromatic heterocycles. The monoisotopic (exact) mass is 385 g/mol. The Kier molecular flexibility index (Phi) is 5.05. The van der Waals surface area contributed by atoms with E-state index in [-0.39, 0.29) is 23.6 Å². The van der Waals surface area contributed by atoms with Crippen LogP contribution >= 0.6 is 0 Å². The normalized spacial score (nSPS) is 25.4. The quantitative estimate of drug-likeness (QED) is 0.757. The molecule has 0 saturated carbocycles. The topological polar surface area (TPSA) is 53.5 Å². The molecular weight excluding hydrogens is 358 g/mol. The molecule has 1 aromatic carbocycles. The highest BCUT2D eigenvalue weighted by Crippen LogP contribution is 2.29. The number of sulfone groups is 1. The van der Waals surface area contributed by atoms with Crippen molar-refractivity contribution >= 4 is 20.7 Å². The van der Waals surface area contributed by atoms with Crippen molar-refractivity contribution < 1.29 is 8.42 Å². The third kappa shape index (κ3) is 3.93. The first-order valence-electron chi connectivity index (χ1n) is 9.57. The molecule has 0 amide bonds. The van der Waals surface area contributed by atoms with Gasteiger partial charge in [0.2, 0.25) is 0 Å². The maximum atomic E-state index is 12.4. The summed E-state index contributed by atoms with van der Waals surface area (Å²) in [4.78, 5) is 9.17. The van der Waals surface area contributed by atoms with E-state index in [2.05, 4.69) is 46.8 Å². The Morgan fingerprint density at radius 3 is 2.59 bits per heavy atom. The molecule has 27 heavy (non-hydrogen) atoms. The molecule has 2 aromatic rings. The Morgan fingerprint density at radius 1 is 1.11 bits per heavy atom. The number of rotatable bonds is 4. The molecule has 2 fully saturated rings. The van der Waals surface area contributed by atoms with Gasteiger partial charge in [-0.1, -0.05) is 29.8 Å². The summed E-state index contributed by atoms with van der Waals surface area (Å²) < 4.78 is 24.8. The molecule has 0 N–H and O–H groups in total. The average Bonchev–Trinajstić information content (AvgIpc) is 2.97. The Balaban J connectivity index is 1.60. The molecule has 4 rings (SSSR count). The lowest BCUT2D eigenvalue weighted by atomic mass is 10.0. The minimum absolute atomic E-state index is 0.0706. The van der Waals surface area contributed by atoms with Gasteiger partial charge >= 0.3 is 0 Å². The fourth-order valence-corrected chi connectivity index (χ4v) is 6.37. The zero-order valence-electron chi connectivity index (χ0n) is 16.0. The number of piperazine rings is 1. The van der Waals surface area contributed by atoms with Crippen LogP contribution in [0.5, 0.6) is 0 Å². The summed E-state index contributed by atoms with van der Waals surface area (Å²) in [6.07, 6.45) is 4.06. The second-order valence-corrected chi connectivity index (χ2v) is 10.1. The van der Waals surface area contributed by atoms with E-state index in [1.54, 1.807) is 0 Å². The number of hydrogen-bond acceptors (Lipinski definition) is 5. The van der Waals surface area contributed by atoms with Crippen molar-refractivity contribution in [3.05, 3.63) is 53.7 Å². The zero-order chi connectivity index (χ0) is 19.0. The SMILES string of the molecule is CC(C)=CCN1CCN(Cc2ccnc3ccccc23)[C@@H]2CS(=O)(=O)C[C@@H]21. The summed E-state index contributed by atoms with van der Waals surface area (Å²) in [6.45, 7) is 7.59. The number of allylic oxidation sites excluding steroid dienone is 1. The van der Waals surface area contributed by atoms with Crippen LogP contribution in [0, 0.1) is 0 Å². The summed E-state index contributed by atoms with van der Waals surface area (Å²) in [6, 6.07) is 10.4. The number of benzene rings is 1. The van der Waals surface area contributed by atoms with Crippen molar-refractivity contribution in [2.45, 2.75) is 32.5 Å². The number of pyridine rings is 1. The molecule has 0 radical (unpaired) electrons. The second kappa shape index (κ2) is 7.34. The van der Waals surface area contributed by atoms with E-state index in [0.29, 0.717) is 0 Å². The van der Waals surface area contributed by atoms with Crippen molar-refractivity contribution in [3.63, 3.8) is 0 Å². The largest absolute Gasteiger partial charge is 0.293 e. The van der Waals surface area contributed by atoms with Crippen molar-refractivity contribution in [2.75, 3.05) is 31.1 Å². The predicted molar refractivity (Wildman–Crippen MR) is 109 cm³/mol. The van der Waals surface area contributed by atoms with Gasteiger partial charge in [-0.05, 0) is 31.5 Å². The Morgan fingerprint density at radius 2 is 1.81 bits per heavy atom. The van der Waals surface area contributed by atoms with Gasteiger partial charge in [0, 0.05) is 49.8 Å². The van der Waals surface area contributed by atoms with Gasteiger partial charge in [0.15, 0.2) is 9.84 Å². The molecule has 0 unspecified atom stereocenters. The summed E-state index contributed by atoms with van der Waals surface area (Å²) in [5.74, 6) is 0.549. The van der Waals surface area contributed by atoms with Crippen LogP contribution in [0.2, 0.25) is 0 Å². The molecule has 3 heterocycles. The van der Waals surface area contributed by atoms with Gasteiger partial charge < -0.3 is 0 Å². The highest BCUT2D eigenvalue weighted by Gasteiger charge is 2.46. The van der Waals surface area contributed by atoms with Crippen molar-refractivity contribution in [1.82, 2.24) is 14.8 Å². The van der Waals surface area contributed by atoms with Gasteiger partial charge in [-0.15, -0.1) is 0 Å². The summed E-state index contributed by atoms with van der Waals surface area (Å²) in [7, 11) is -2.98. The number of hydrogen-bond donors (Lipinski definition) is 0. The fourth-order valence-electron chi connectivity index (χ4n) is 4.33. The molecule has 0 spiro atoms. The van der Waals surface area contributed by atoms with Crippen LogP contribution in [-0.2, 0) is 16.4 Å². The van der Waals surface area contributed by atoms with Crippen LogP contribution in [0.4, 0.5) is 0 Å². The molecule has 2 atom stereocenters. The molecule has 2 saturated heterocycles. The molecular formula is C21H27N3O2S. The van der Waals surface area contributed by atoms with E-state index in [9.17, 15) is 8.42 Å². The molecule has 0 bridgehead atoms. The minimum atomic E-state index is -2.98. The smallest absolute Gasteiger partial charge is 0.153 e. The Bertz CT molecular complexity index is 961. The molecule has 5 nitrogen and oxygen atoms in total. The van der Waals surface area contributed by atoms with Crippen LogP contribution in [0.25, 0.3) is 10.9 Å². The first kappa shape index (κ1) is 18.6. The fraction of sp³-hybridized carbons (Fsp3) is 0.476. The van der Waals surface area contributed by atoms with E-state index in [0.717, 1.165) is 37.1 Å². The molecule has 0 aliphatic carbocycles. The first-order chi connectivity index (χ1) is 12.9. The Hall–Kier alpha value is -1.76. The van der Waals surface area contributed by atoms with E-state index >= 15 is 0 Å². The maximum absolute atomic E-state index is 12.4. The number of para-hydroxylation sites is 1.